The lowest BCUT2D eigenvalue weighted by atomic mass is 9.95. The first-order valence-corrected chi connectivity index (χ1v) is 15.0. The summed E-state index contributed by atoms with van der Waals surface area (Å²) >= 11 is 0. The van der Waals surface area contributed by atoms with Gasteiger partial charge in [0.05, 0.1) is 19.3 Å². The molecule has 2 saturated heterocycles. The van der Waals surface area contributed by atoms with Gasteiger partial charge >= 0.3 is 0 Å². The normalized spacial score (nSPS) is 24.9. The molecule has 5 rings (SSSR count). The average Bonchev–Trinajstić information content (AvgIpc) is 3.42. The summed E-state index contributed by atoms with van der Waals surface area (Å²) in [5.74, 6) is -0.614. The fourth-order valence-electron chi connectivity index (χ4n) is 5.90. The third-order valence-electron chi connectivity index (χ3n) is 8.63. The summed E-state index contributed by atoms with van der Waals surface area (Å²) < 4.78 is 12.9. The molecule has 44 heavy (non-hydrogen) atoms. The summed E-state index contributed by atoms with van der Waals surface area (Å²) in [6.45, 7) is 8.56. The lowest BCUT2D eigenvalue weighted by Crippen LogP contribution is -2.59. The van der Waals surface area contributed by atoms with Crippen LogP contribution in [-0.2, 0) is 21.3 Å². The Morgan fingerprint density at radius 1 is 1.02 bits per heavy atom. The van der Waals surface area contributed by atoms with Crippen molar-refractivity contribution in [1.29, 1.82) is 5.26 Å². The van der Waals surface area contributed by atoms with Crippen LogP contribution in [0.4, 0.5) is 5.69 Å². The molecular formula is C33H41N5O6. The molecule has 1 amide bonds. The number of nitrogens with one attached hydrogen (secondary N) is 2. The van der Waals surface area contributed by atoms with E-state index in [9.17, 15) is 25.4 Å². The number of aliphatic hydroxyl groups excluding tert-OH is 3. The number of rotatable bonds is 9. The molecule has 2 aliphatic heterocycles. The maximum atomic E-state index is 13.0. The van der Waals surface area contributed by atoms with Gasteiger partial charge in [0, 0.05) is 56.8 Å². The van der Waals surface area contributed by atoms with Crippen LogP contribution in [0.2, 0.25) is 0 Å². The molecule has 1 unspecified atom stereocenters. The van der Waals surface area contributed by atoms with E-state index >= 15 is 0 Å². The number of hydrogen-bond donors (Lipinski definition) is 5. The first kappa shape index (κ1) is 31.7. The Labute approximate surface area is 257 Å². The van der Waals surface area contributed by atoms with Crippen molar-refractivity contribution in [2.75, 3.05) is 51.3 Å². The first-order valence-electron chi connectivity index (χ1n) is 15.0. The minimum Gasteiger partial charge on any atom is -0.388 e. The Morgan fingerprint density at radius 2 is 1.75 bits per heavy atom. The number of aliphatic hydroxyl groups is 3. The molecule has 0 spiro atoms. The predicted molar refractivity (Wildman–Crippen MR) is 168 cm³/mol. The van der Waals surface area contributed by atoms with Crippen LogP contribution >= 0.6 is 0 Å². The number of carbonyl (C=O) groups is 1. The molecule has 3 aromatic rings. The number of nitriles is 1. The number of nitrogens with zero attached hydrogens (tertiary/aromatic N) is 3. The number of carbonyl (C=O) groups excluding carboxylic acids is 1. The predicted octanol–water partition coefficient (Wildman–Crippen LogP) is 1.87. The van der Waals surface area contributed by atoms with E-state index in [0.29, 0.717) is 11.3 Å². The zero-order valence-electron chi connectivity index (χ0n) is 25.4. The second-order valence-electron chi connectivity index (χ2n) is 11.5. The van der Waals surface area contributed by atoms with Gasteiger partial charge < -0.3 is 40.0 Å². The highest BCUT2D eigenvalue weighted by Gasteiger charge is 2.41. The summed E-state index contributed by atoms with van der Waals surface area (Å²) in [6, 6.07) is 18.5. The van der Waals surface area contributed by atoms with E-state index in [-0.39, 0.29) is 12.1 Å². The Bertz CT molecular complexity index is 1560. The SMILES string of the molecule is C/C(=C(/C#N)C(=O)NC[C@H]1OC(C)[C@H](O)[C@@H](O)[C@@H]1O)c1ccc(-c2ccc3cc(NCCN4CCOCC4)ccc3c2)n1C. The van der Waals surface area contributed by atoms with Crippen LogP contribution < -0.4 is 10.6 Å². The number of allylic oxidation sites excluding steroid dienone is 1. The molecule has 2 aliphatic rings. The zero-order chi connectivity index (χ0) is 31.4. The smallest absolute Gasteiger partial charge is 0.262 e. The molecule has 0 bridgehead atoms. The fourth-order valence-corrected chi connectivity index (χ4v) is 5.90. The summed E-state index contributed by atoms with van der Waals surface area (Å²) in [6.07, 6.45) is -5.64. The van der Waals surface area contributed by atoms with Crippen molar-refractivity contribution in [2.45, 2.75) is 44.4 Å². The molecule has 234 valence electrons. The molecule has 0 radical (unpaired) electrons. The molecule has 2 aromatic carbocycles. The van der Waals surface area contributed by atoms with Gasteiger partial charge in [-0.25, -0.2) is 0 Å². The minimum atomic E-state index is -1.39. The summed E-state index contributed by atoms with van der Waals surface area (Å²) in [4.78, 5) is 15.4. The molecule has 11 heteroatoms. The number of aromatic nitrogens is 1. The maximum Gasteiger partial charge on any atom is 0.262 e. The van der Waals surface area contributed by atoms with Gasteiger partial charge in [-0.2, -0.15) is 5.26 Å². The largest absolute Gasteiger partial charge is 0.388 e. The third-order valence-corrected chi connectivity index (χ3v) is 8.63. The van der Waals surface area contributed by atoms with Crippen LogP contribution in [0.15, 0.2) is 54.1 Å². The van der Waals surface area contributed by atoms with E-state index in [1.54, 1.807) is 13.8 Å². The van der Waals surface area contributed by atoms with Crippen molar-refractivity contribution in [3.05, 3.63) is 59.8 Å². The summed E-state index contributed by atoms with van der Waals surface area (Å²) in [5, 5.41) is 48.5. The van der Waals surface area contributed by atoms with Crippen LogP contribution in [0.3, 0.4) is 0 Å². The number of morpholine rings is 1. The number of fused-ring (bicyclic) bond motifs is 1. The molecule has 2 fully saturated rings. The lowest BCUT2D eigenvalue weighted by molar-refractivity contribution is -0.215. The standard InChI is InChI=1S/C33H41N5O6/c1-20(26(18-34)33(42)36-19-29-31(40)32(41)30(39)21(2)44-29)27-8-9-28(37(27)3)24-5-4-23-17-25(7-6-22(23)16-24)35-10-11-38-12-14-43-15-13-38/h4-9,16-17,21,29-32,35,39-41H,10-15,19H2,1-3H3,(H,36,42)/b26-20+/t21?,29-,30+,31-,32-/m1/s1. The van der Waals surface area contributed by atoms with Gasteiger partial charge in [0.25, 0.3) is 5.91 Å². The van der Waals surface area contributed by atoms with Gasteiger partial charge in [-0.05, 0) is 66.1 Å². The first-order chi connectivity index (χ1) is 21.2. The monoisotopic (exact) mass is 603 g/mol. The van der Waals surface area contributed by atoms with Crippen LogP contribution in [0.1, 0.15) is 19.5 Å². The van der Waals surface area contributed by atoms with E-state index in [1.807, 2.05) is 29.8 Å². The molecule has 5 N–H and O–H groups in total. The van der Waals surface area contributed by atoms with Crippen molar-refractivity contribution >= 4 is 27.9 Å². The van der Waals surface area contributed by atoms with Crippen molar-refractivity contribution in [3.8, 4) is 17.3 Å². The Morgan fingerprint density at radius 3 is 2.50 bits per heavy atom. The molecule has 3 heterocycles. The molecule has 0 aliphatic carbocycles. The average molecular weight is 604 g/mol. The van der Waals surface area contributed by atoms with Crippen molar-refractivity contribution in [1.82, 2.24) is 14.8 Å². The van der Waals surface area contributed by atoms with Gasteiger partial charge in [0.1, 0.15) is 36.1 Å². The minimum absolute atomic E-state index is 0.0659. The Balaban J connectivity index is 1.26. The fraction of sp³-hybridized carbons (Fsp3) is 0.455. The second kappa shape index (κ2) is 13.9. The van der Waals surface area contributed by atoms with Gasteiger partial charge in [-0.1, -0.05) is 18.2 Å². The summed E-state index contributed by atoms with van der Waals surface area (Å²) in [5.41, 5.74) is 4.17. The van der Waals surface area contributed by atoms with E-state index < -0.39 is 36.4 Å². The van der Waals surface area contributed by atoms with E-state index in [1.165, 1.54) is 0 Å². The van der Waals surface area contributed by atoms with Gasteiger partial charge in [-0.3, -0.25) is 9.69 Å². The number of ether oxygens (including phenoxy) is 2. The van der Waals surface area contributed by atoms with Crippen LogP contribution in [0.5, 0.6) is 0 Å². The van der Waals surface area contributed by atoms with E-state index in [2.05, 4.69) is 51.9 Å². The van der Waals surface area contributed by atoms with Crippen molar-refractivity contribution < 1.29 is 29.6 Å². The molecule has 5 atom stereocenters. The quantitative estimate of drug-likeness (QED) is 0.182. The van der Waals surface area contributed by atoms with Crippen molar-refractivity contribution in [3.63, 3.8) is 0 Å². The van der Waals surface area contributed by atoms with Crippen molar-refractivity contribution in [2.24, 2.45) is 7.05 Å². The van der Waals surface area contributed by atoms with E-state index in [4.69, 9.17) is 9.47 Å². The van der Waals surface area contributed by atoms with Gasteiger partial charge in [0.2, 0.25) is 0 Å². The number of amides is 1. The van der Waals surface area contributed by atoms with Crippen LogP contribution in [0, 0.1) is 11.3 Å². The lowest BCUT2D eigenvalue weighted by Gasteiger charge is -2.39. The molecular weight excluding hydrogens is 562 g/mol. The van der Waals surface area contributed by atoms with E-state index in [0.717, 1.165) is 67.1 Å². The Hall–Kier alpha value is -3.76. The molecule has 0 saturated carbocycles. The highest BCUT2D eigenvalue weighted by Crippen LogP contribution is 2.30. The number of hydrogen-bond acceptors (Lipinski definition) is 9. The van der Waals surface area contributed by atoms with Crippen LogP contribution in [-0.4, -0.2) is 107 Å². The van der Waals surface area contributed by atoms with Gasteiger partial charge in [-0.15, -0.1) is 0 Å². The topological polar surface area (TPSA) is 152 Å². The number of benzene rings is 2. The number of anilines is 1. The highest BCUT2D eigenvalue weighted by molar-refractivity contribution is 6.04. The Kier molecular flexibility index (Phi) is 10.0. The zero-order valence-corrected chi connectivity index (χ0v) is 25.4. The second-order valence-corrected chi connectivity index (χ2v) is 11.5. The highest BCUT2D eigenvalue weighted by atomic mass is 16.5. The summed E-state index contributed by atoms with van der Waals surface area (Å²) in [7, 11) is 1.90. The van der Waals surface area contributed by atoms with Crippen LogP contribution in [0.25, 0.3) is 27.6 Å². The maximum absolute atomic E-state index is 13.0. The third kappa shape index (κ3) is 6.81. The van der Waals surface area contributed by atoms with Gasteiger partial charge in [0.15, 0.2) is 0 Å². The molecule has 1 aromatic heterocycles. The molecule has 11 nitrogen and oxygen atoms in total.